The van der Waals surface area contributed by atoms with Crippen LogP contribution in [0.15, 0.2) is 4.52 Å². The van der Waals surface area contributed by atoms with Crippen LogP contribution in [0.1, 0.15) is 62.8 Å². The molecule has 3 aliphatic rings. The summed E-state index contributed by atoms with van der Waals surface area (Å²) >= 11 is 0. The molecule has 3 fully saturated rings. The van der Waals surface area contributed by atoms with Crippen LogP contribution in [0.5, 0.6) is 0 Å². The van der Waals surface area contributed by atoms with Crippen LogP contribution in [0.2, 0.25) is 0 Å². The van der Waals surface area contributed by atoms with E-state index in [-0.39, 0.29) is 18.4 Å². The summed E-state index contributed by atoms with van der Waals surface area (Å²) in [6.07, 6.45) is 8.33. The first-order chi connectivity index (χ1) is 10.2. The van der Waals surface area contributed by atoms with E-state index in [0.717, 1.165) is 25.9 Å². The molecule has 2 heterocycles. The fourth-order valence-electron chi connectivity index (χ4n) is 3.54. The van der Waals surface area contributed by atoms with Gasteiger partial charge in [-0.05, 0) is 37.5 Å². The average Bonchev–Trinajstić information content (AvgIpc) is 2.92. The highest BCUT2D eigenvalue weighted by molar-refractivity contribution is 5.78. The van der Waals surface area contributed by atoms with Crippen molar-refractivity contribution in [1.29, 1.82) is 0 Å². The minimum atomic E-state index is -0.0872. The van der Waals surface area contributed by atoms with E-state index in [1.54, 1.807) is 0 Å². The highest BCUT2D eigenvalue weighted by Gasteiger charge is 2.44. The lowest BCUT2D eigenvalue weighted by molar-refractivity contribution is -0.120. The molecule has 1 aliphatic heterocycles. The molecule has 2 saturated carbocycles. The quantitative estimate of drug-likeness (QED) is 0.917. The Bertz CT molecular complexity index is 532. The molecule has 1 saturated heterocycles. The van der Waals surface area contributed by atoms with Crippen molar-refractivity contribution in [3.8, 4) is 0 Å². The van der Waals surface area contributed by atoms with Gasteiger partial charge in [-0.15, -0.1) is 0 Å². The lowest BCUT2D eigenvalue weighted by atomic mass is 9.84. The molecule has 1 amide bonds. The van der Waals surface area contributed by atoms with Crippen molar-refractivity contribution in [2.24, 2.45) is 5.41 Å². The number of nitrogens with zero attached hydrogens (tertiary/aromatic N) is 2. The number of amides is 1. The van der Waals surface area contributed by atoms with Gasteiger partial charge in [0.2, 0.25) is 5.91 Å². The van der Waals surface area contributed by atoms with E-state index < -0.39 is 0 Å². The molecule has 1 aromatic rings. The van der Waals surface area contributed by atoms with Crippen LogP contribution in [0.25, 0.3) is 0 Å². The highest BCUT2D eigenvalue weighted by atomic mass is 16.5. The molecule has 21 heavy (non-hydrogen) atoms. The number of carbonyl (C=O) groups excluding carboxylic acids is 1. The van der Waals surface area contributed by atoms with E-state index in [2.05, 4.69) is 15.5 Å². The number of hydrogen-bond donors (Lipinski definition) is 1. The third-order valence-electron chi connectivity index (χ3n) is 4.89. The topological polar surface area (TPSA) is 77.2 Å². The Morgan fingerprint density at radius 3 is 2.90 bits per heavy atom. The van der Waals surface area contributed by atoms with Gasteiger partial charge in [-0.3, -0.25) is 4.79 Å². The maximum atomic E-state index is 11.7. The van der Waals surface area contributed by atoms with E-state index in [4.69, 9.17) is 9.26 Å². The summed E-state index contributed by atoms with van der Waals surface area (Å²) in [7, 11) is 0. The molecule has 1 aromatic heterocycles. The molecular formula is C15H21N3O3. The summed E-state index contributed by atoms with van der Waals surface area (Å²) in [5.41, 5.74) is 0.336. The Balaban J connectivity index is 1.37. The molecule has 0 bridgehead atoms. The number of carbonyl (C=O) groups is 1. The maximum absolute atomic E-state index is 11.7. The molecule has 2 aliphatic carbocycles. The van der Waals surface area contributed by atoms with Gasteiger partial charge in [-0.1, -0.05) is 18.0 Å². The van der Waals surface area contributed by atoms with Crippen molar-refractivity contribution < 1.29 is 14.1 Å². The standard InChI is InChI=1S/C15H21N3O3/c19-13(16-10-3-4-10)7-12-17-14(21-18-12)11-8-15(9-20-11)5-1-2-6-15/h10-11H,1-9H2,(H,16,19). The predicted octanol–water partition coefficient (Wildman–Crippen LogP) is 1.91. The van der Waals surface area contributed by atoms with Crippen molar-refractivity contribution in [2.45, 2.75) is 63.5 Å². The predicted molar refractivity (Wildman–Crippen MR) is 73.4 cm³/mol. The Hall–Kier alpha value is -1.43. The molecule has 114 valence electrons. The largest absolute Gasteiger partial charge is 0.368 e. The van der Waals surface area contributed by atoms with Gasteiger partial charge in [0.25, 0.3) is 5.89 Å². The first-order valence-corrected chi connectivity index (χ1v) is 7.96. The van der Waals surface area contributed by atoms with Crippen molar-refractivity contribution in [1.82, 2.24) is 15.5 Å². The summed E-state index contributed by atoms with van der Waals surface area (Å²) in [5, 5.41) is 6.85. The number of aromatic nitrogens is 2. The normalized spacial score (nSPS) is 27.3. The van der Waals surface area contributed by atoms with Gasteiger partial charge < -0.3 is 14.6 Å². The van der Waals surface area contributed by atoms with Gasteiger partial charge in [0.05, 0.1) is 13.0 Å². The third-order valence-corrected chi connectivity index (χ3v) is 4.89. The van der Waals surface area contributed by atoms with Crippen molar-refractivity contribution in [3.05, 3.63) is 11.7 Å². The van der Waals surface area contributed by atoms with Gasteiger partial charge in [-0.25, -0.2) is 0 Å². The second-order valence-corrected chi connectivity index (χ2v) is 6.78. The molecule has 4 rings (SSSR count). The fourth-order valence-corrected chi connectivity index (χ4v) is 3.54. The minimum Gasteiger partial charge on any atom is -0.368 e. The van der Waals surface area contributed by atoms with Crippen LogP contribution in [0, 0.1) is 5.41 Å². The van der Waals surface area contributed by atoms with Crippen LogP contribution in [0.3, 0.4) is 0 Å². The van der Waals surface area contributed by atoms with Gasteiger partial charge in [-0.2, -0.15) is 4.98 Å². The Morgan fingerprint density at radius 2 is 2.14 bits per heavy atom. The summed E-state index contributed by atoms with van der Waals surface area (Å²) in [6, 6.07) is 0.365. The molecule has 1 N–H and O–H groups in total. The zero-order chi connectivity index (χ0) is 14.3. The Labute approximate surface area is 123 Å². The van der Waals surface area contributed by atoms with E-state index in [1.807, 2.05) is 0 Å². The summed E-state index contributed by atoms with van der Waals surface area (Å²) in [4.78, 5) is 16.1. The van der Waals surface area contributed by atoms with Crippen molar-refractivity contribution >= 4 is 5.91 Å². The minimum absolute atomic E-state index is 0.0237. The van der Waals surface area contributed by atoms with Crippen LogP contribution in [-0.4, -0.2) is 28.7 Å². The van der Waals surface area contributed by atoms with Gasteiger partial charge >= 0.3 is 0 Å². The molecule has 1 atom stereocenters. The van der Waals surface area contributed by atoms with Gasteiger partial charge in [0.15, 0.2) is 5.82 Å². The second kappa shape index (κ2) is 5.09. The van der Waals surface area contributed by atoms with Gasteiger partial charge in [0, 0.05) is 6.04 Å². The number of ether oxygens (including phenoxy) is 1. The zero-order valence-corrected chi connectivity index (χ0v) is 12.1. The first-order valence-electron chi connectivity index (χ1n) is 7.96. The molecule has 0 radical (unpaired) electrons. The number of hydrogen-bond acceptors (Lipinski definition) is 5. The molecule has 0 aromatic carbocycles. The van der Waals surface area contributed by atoms with Crippen LogP contribution in [-0.2, 0) is 16.0 Å². The molecular weight excluding hydrogens is 270 g/mol. The van der Waals surface area contributed by atoms with Gasteiger partial charge in [0.1, 0.15) is 6.10 Å². The van der Waals surface area contributed by atoms with Crippen LogP contribution < -0.4 is 5.32 Å². The smallest absolute Gasteiger partial charge is 0.255 e. The van der Waals surface area contributed by atoms with Crippen LogP contribution in [0.4, 0.5) is 0 Å². The first kappa shape index (κ1) is 13.2. The van der Waals surface area contributed by atoms with Crippen molar-refractivity contribution in [3.63, 3.8) is 0 Å². The maximum Gasteiger partial charge on any atom is 0.255 e. The molecule has 1 unspecified atom stereocenters. The van der Waals surface area contributed by atoms with Crippen LogP contribution >= 0.6 is 0 Å². The fraction of sp³-hybridized carbons (Fsp3) is 0.800. The molecule has 6 nitrogen and oxygen atoms in total. The monoisotopic (exact) mass is 291 g/mol. The second-order valence-electron chi connectivity index (χ2n) is 6.78. The molecule has 6 heteroatoms. The van der Waals surface area contributed by atoms with Crippen molar-refractivity contribution in [2.75, 3.05) is 6.61 Å². The Morgan fingerprint density at radius 1 is 1.33 bits per heavy atom. The zero-order valence-electron chi connectivity index (χ0n) is 12.1. The summed E-state index contributed by atoms with van der Waals surface area (Å²) < 4.78 is 11.2. The lowest BCUT2D eigenvalue weighted by Gasteiger charge is -2.19. The highest BCUT2D eigenvalue weighted by Crippen LogP contribution is 2.50. The van der Waals surface area contributed by atoms with E-state index in [1.165, 1.54) is 25.7 Å². The van der Waals surface area contributed by atoms with E-state index in [9.17, 15) is 4.79 Å². The average molecular weight is 291 g/mol. The lowest BCUT2D eigenvalue weighted by Crippen LogP contribution is -2.27. The van der Waals surface area contributed by atoms with E-state index in [0.29, 0.717) is 23.2 Å². The molecule has 1 spiro atoms. The van der Waals surface area contributed by atoms with E-state index >= 15 is 0 Å². The number of nitrogens with one attached hydrogen (secondary N) is 1. The Kier molecular flexibility index (Phi) is 3.21. The SMILES string of the molecule is O=C(Cc1noc(C2CC3(CCCC3)CO2)n1)NC1CC1. The third kappa shape index (κ3) is 2.81. The summed E-state index contributed by atoms with van der Waals surface area (Å²) in [5.74, 6) is 0.969. The number of rotatable bonds is 4. The summed E-state index contributed by atoms with van der Waals surface area (Å²) in [6.45, 7) is 0.803.